The van der Waals surface area contributed by atoms with Gasteiger partial charge in [-0.3, -0.25) is 0 Å². The van der Waals surface area contributed by atoms with Gasteiger partial charge >= 0.3 is 5.97 Å². The molecular formula is C17H18O4. The van der Waals surface area contributed by atoms with Crippen LogP contribution in [-0.2, 0) is 6.42 Å². The molecule has 0 saturated heterocycles. The lowest BCUT2D eigenvalue weighted by molar-refractivity contribution is 0.0696. The summed E-state index contributed by atoms with van der Waals surface area (Å²) >= 11 is 0. The highest BCUT2D eigenvalue weighted by Gasteiger charge is 2.10. The maximum atomic E-state index is 10.9. The third-order valence-electron chi connectivity index (χ3n) is 3.28. The van der Waals surface area contributed by atoms with Gasteiger partial charge in [-0.2, -0.15) is 0 Å². The normalized spacial score (nSPS) is 10.2. The Morgan fingerprint density at radius 3 is 2.38 bits per heavy atom. The average Bonchev–Trinajstić information content (AvgIpc) is 2.49. The molecule has 0 heterocycles. The van der Waals surface area contributed by atoms with Gasteiger partial charge in [-0.25, -0.2) is 4.79 Å². The van der Waals surface area contributed by atoms with Gasteiger partial charge in [0.15, 0.2) is 11.5 Å². The number of benzene rings is 2. The number of aryl methyl sites for hydroxylation is 2. The number of carbonyl (C=O) groups is 1. The number of methoxy groups -OCH3 is 1. The molecule has 4 heteroatoms. The molecule has 1 N–H and O–H groups in total. The predicted molar refractivity (Wildman–Crippen MR) is 80.6 cm³/mol. The fourth-order valence-corrected chi connectivity index (χ4v) is 2.03. The molecule has 0 amide bonds. The third-order valence-corrected chi connectivity index (χ3v) is 3.28. The van der Waals surface area contributed by atoms with E-state index in [4.69, 9.17) is 14.6 Å². The van der Waals surface area contributed by atoms with Crippen LogP contribution in [0.5, 0.6) is 17.2 Å². The van der Waals surface area contributed by atoms with E-state index in [9.17, 15) is 4.79 Å². The summed E-state index contributed by atoms with van der Waals surface area (Å²) in [7, 11) is 1.60. The number of hydrogen-bond acceptors (Lipinski definition) is 3. The molecular weight excluding hydrogens is 268 g/mol. The van der Waals surface area contributed by atoms with Crippen molar-refractivity contribution >= 4 is 5.97 Å². The highest BCUT2D eigenvalue weighted by molar-refractivity contribution is 5.88. The van der Waals surface area contributed by atoms with Crippen molar-refractivity contribution in [1.82, 2.24) is 0 Å². The van der Waals surface area contributed by atoms with Crippen LogP contribution in [-0.4, -0.2) is 18.2 Å². The summed E-state index contributed by atoms with van der Waals surface area (Å²) in [5.41, 5.74) is 2.17. The van der Waals surface area contributed by atoms with Gasteiger partial charge in [0.2, 0.25) is 0 Å². The summed E-state index contributed by atoms with van der Waals surface area (Å²) < 4.78 is 11.2. The number of hydrogen-bond donors (Lipinski definition) is 1. The predicted octanol–water partition coefficient (Wildman–Crippen LogP) is 4.06. The standard InChI is InChI=1S/C17H18O4/c1-4-12-5-7-15(16(10-12)20-3)21-14-8-6-13(17(18)19)9-11(14)2/h5-10H,4H2,1-3H3,(H,18,19). The Bertz CT molecular complexity index is 662. The SMILES string of the molecule is CCc1ccc(Oc2ccc(C(=O)O)cc2C)c(OC)c1. The van der Waals surface area contributed by atoms with E-state index in [-0.39, 0.29) is 5.56 Å². The lowest BCUT2D eigenvalue weighted by Crippen LogP contribution is -1.98. The highest BCUT2D eigenvalue weighted by Crippen LogP contribution is 2.34. The molecule has 0 aromatic heterocycles. The minimum Gasteiger partial charge on any atom is -0.493 e. The first-order chi connectivity index (χ1) is 10.0. The molecule has 0 unspecified atom stereocenters. The van der Waals surface area contributed by atoms with Gasteiger partial charge in [0.25, 0.3) is 0 Å². The summed E-state index contributed by atoms with van der Waals surface area (Å²) in [6.45, 7) is 3.89. The van der Waals surface area contributed by atoms with Crippen LogP contribution >= 0.6 is 0 Å². The molecule has 0 radical (unpaired) electrons. The van der Waals surface area contributed by atoms with Crippen molar-refractivity contribution in [3.63, 3.8) is 0 Å². The lowest BCUT2D eigenvalue weighted by atomic mass is 10.1. The first-order valence-electron chi connectivity index (χ1n) is 6.74. The number of carboxylic acid groups (broad SMARTS) is 1. The largest absolute Gasteiger partial charge is 0.493 e. The molecule has 110 valence electrons. The molecule has 2 aromatic carbocycles. The summed E-state index contributed by atoms with van der Waals surface area (Å²) in [6.07, 6.45) is 0.920. The second-order valence-electron chi connectivity index (χ2n) is 4.73. The highest BCUT2D eigenvalue weighted by atomic mass is 16.5. The molecule has 4 nitrogen and oxygen atoms in total. The Balaban J connectivity index is 2.32. The first-order valence-corrected chi connectivity index (χ1v) is 6.74. The van der Waals surface area contributed by atoms with Crippen LogP contribution in [0, 0.1) is 6.92 Å². The molecule has 0 aliphatic rings. The van der Waals surface area contributed by atoms with Gasteiger partial charge in [-0.05, 0) is 54.8 Å². The average molecular weight is 286 g/mol. The first kappa shape index (κ1) is 14.9. The fraction of sp³-hybridized carbons (Fsp3) is 0.235. The van der Waals surface area contributed by atoms with Gasteiger partial charge in [0.1, 0.15) is 5.75 Å². The van der Waals surface area contributed by atoms with Crippen molar-refractivity contribution in [3.05, 3.63) is 53.1 Å². The number of aromatic carboxylic acids is 1. The van der Waals surface area contributed by atoms with Crippen LogP contribution in [0.1, 0.15) is 28.4 Å². The van der Waals surface area contributed by atoms with Crippen molar-refractivity contribution in [2.75, 3.05) is 7.11 Å². The maximum absolute atomic E-state index is 10.9. The van der Waals surface area contributed by atoms with Gasteiger partial charge in [0, 0.05) is 0 Å². The second kappa shape index (κ2) is 6.31. The molecule has 21 heavy (non-hydrogen) atoms. The summed E-state index contributed by atoms with van der Waals surface area (Å²) in [5.74, 6) is 0.939. The van der Waals surface area contributed by atoms with Crippen LogP contribution in [0.2, 0.25) is 0 Å². The van der Waals surface area contributed by atoms with Gasteiger partial charge < -0.3 is 14.6 Å². The zero-order valence-electron chi connectivity index (χ0n) is 12.3. The Hall–Kier alpha value is -2.49. The van der Waals surface area contributed by atoms with Crippen LogP contribution < -0.4 is 9.47 Å². The zero-order valence-corrected chi connectivity index (χ0v) is 12.3. The Labute approximate surface area is 123 Å². The molecule has 0 fully saturated rings. The van der Waals surface area contributed by atoms with E-state index in [0.717, 1.165) is 17.5 Å². The van der Waals surface area contributed by atoms with Gasteiger partial charge in [-0.1, -0.05) is 13.0 Å². The smallest absolute Gasteiger partial charge is 0.335 e. The third kappa shape index (κ3) is 3.34. The Morgan fingerprint density at radius 1 is 1.10 bits per heavy atom. The van der Waals surface area contributed by atoms with Crippen molar-refractivity contribution in [3.8, 4) is 17.2 Å². The fourth-order valence-electron chi connectivity index (χ4n) is 2.03. The molecule has 0 spiro atoms. The minimum absolute atomic E-state index is 0.244. The van der Waals surface area contributed by atoms with E-state index in [0.29, 0.717) is 17.2 Å². The monoisotopic (exact) mass is 286 g/mol. The van der Waals surface area contributed by atoms with Crippen LogP contribution in [0.4, 0.5) is 0 Å². The summed E-state index contributed by atoms with van der Waals surface area (Å²) in [6, 6.07) is 10.6. The number of carboxylic acids is 1. The molecule has 0 aliphatic carbocycles. The van der Waals surface area contributed by atoms with Crippen molar-refractivity contribution < 1.29 is 19.4 Å². The van der Waals surface area contributed by atoms with E-state index in [1.54, 1.807) is 19.2 Å². The molecule has 2 aromatic rings. The van der Waals surface area contributed by atoms with Crippen LogP contribution in [0.3, 0.4) is 0 Å². The second-order valence-corrected chi connectivity index (χ2v) is 4.73. The van der Waals surface area contributed by atoms with Gasteiger partial charge in [-0.15, -0.1) is 0 Å². The van der Waals surface area contributed by atoms with Crippen LogP contribution in [0.15, 0.2) is 36.4 Å². The minimum atomic E-state index is -0.950. The topological polar surface area (TPSA) is 55.8 Å². The van der Waals surface area contributed by atoms with E-state index in [2.05, 4.69) is 6.92 Å². The van der Waals surface area contributed by atoms with Crippen molar-refractivity contribution in [1.29, 1.82) is 0 Å². The lowest BCUT2D eigenvalue weighted by Gasteiger charge is -2.13. The van der Waals surface area contributed by atoms with Crippen molar-refractivity contribution in [2.24, 2.45) is 0 Å². The van der Waals surface area contributed by atoms with E-state index in [1.165, 1.54) is 6.07 Å². The molecule has 2 rings (SSSR count). The number of ether oxygens (including phenoxy) is 2. The molecule has 0 atom stereocenters. The van der Waals surface area contributed by atoms with Crippen LogP contribution in [0.25, 0.3) is 0 Å². The molecule has 0 aliphatic heterocycles. The Kier molecular flexibility index (Phi) is 4.48. The summed E-state index contributed by atoms with van der Waals surface area (Å²) in [4.78, 5) is 10.9. The zero-order chi connectivity index (χ0) is 15.4. The number of rotatable bonds is 5. The maximum Gasteiger partial charge on any atom is 0.335 e. The quantitative estimate of drug-likeness (QED) is 0.900. The van der Waals surface area contributed by atoms with E-state index in [1.807, 2.05) is 25.1 Å². The van der Waals surface area contributed by atoms with E-state index >= 15 is 0 Å². The van der Waals surface area contributed by atoms with Crippen molar-refractivity contribution in [2.45, 2.75) is 20.3 Å². The Morgan fingerprint density at radius 2 is 1.81 bits per heavy atom. The summed E-state index contributed by atoms with van der Waals surface area (Å²) in [5, 5.41) is 8.97. The molecule has 0 bridgehead atoms. The molecule has 0 saturated carbocycles. The van der Waals surface area contributed by atoms with Gasteiger partial charge in [0.05, 0.1) is 12.7 Å². The van der Waals surface area contributed by atoms with E-state index < -0.39 is 5.97 Å².